The number of amides is 1. The molecule has 19 heavy (non-hydrogen) atoms. The summed E-state index contributed by atoms with van der Waals surface area (Å²) < 4.78 is 10.8. The molecule has 0 N–H and O–H groups in total. The van der Waals surface area contributed by atoms with Gasteiger partial charge in [-0.15, -0.1) is 0 Å². The Kier molecular flexibility index (Phi) is 6.35. The lowest BCUT2D eigenvalue weighted by Gasteiger charge is -2.19. The van der Waals surface area contributed by atoms with Gasteiger partial charge in [-0.2, -0.15) is 0 Å². The quantitative estimate of drug-likeness (QED) is 0.747. The summed E-state index contributed by atoms with van der Waals surface area (Å²) in [5.74, 6) is -0.109. The highest BCUT2D eigenvalue weighted by Crippen LogP contribution is 2.17. The van der Waals surface area contributed by atoms with Crippen molar-refractivity contribution in [3.8, 4) is 5.75 Å². The number of esters is 1. The molecule has 0 saturated heterocycles. The van der Waals surface area contributed by atoms with Crippen molar-refractivity contribution in [2.45, 2.75) is 6.92 Å². The number of hydrogen-bond acceptors (Lipinski definition) is 4. The topological polar surface area (TPSA) is 55.8 Å². The van der Waals surface area contributed by atoms with Crippen molar-refractivity contribution in [2.24, 2.45) is 0 Å². The highest BCUT2D eigenvalue weighted by atomic mass is 79.9. The molecule has 0 unspecified atom stereocenters. The van der Waals surface area contributed by atoms with Gasteiger partial charge in [0.2, 0.25) is 0 Å². The Hall–Kier alpha value is -1.56. The first-order valence-electron chi connectivity index (χ1n) is 5.79. The Balaban J connectivity index is 2.51. The zero-order chi connectivity index (χ0) is 14.3. The fourth-order valence-corrected chi connectivity index (χ4v) is 1.77. The van der Waals surface area contributed by atoms with Crippen LogP contribution in [-0.4, -0.2) is 43.6 Å². The highest BCUT2D eigenvalue weighted by Gasteiger charge is 2.16. The van der Waals surface area contributed by atoms with Crippen molar-refractivity contribution in [1.29, 1.82) is 0 Å². The minimum Gasteiger partial charge on any atom is -0.484 e. The number of benzene rings is 1. The van der Waals surface area contributed by atoms with Crippen LogP contribution in [0.15, 0.2) is 28.7 Å². The molecule has 0 fully saturated rings. The SMILES string of the molecule is CCN(CC(=O)OC)C(=O)COc1cccc(Br)c1. The van der Waals surface area contributed by atoms with Crippen molar-refractivity contribution in [3.05, 3.63) is 28.7 Å². The van der Waals surface area contributed by atoms with Gasteiger partial charge in [0.25, 0.3) is 5.91 Å². The molecule has 0 spiro atoms. The second kappa shape index (κ2) is 7.78. The van der Waals surface area contributed by atoms with Gasteiger partial charge in [-0.3, -0.25) is 9.59 Å². The number of hydrogen-bond donors (Lipinski definition) is 0. The van der Waals surface area contributed by atoms with Crippen LogP contribution in [0.5, 0.6) is 5.75 Å². The lowest BCUT2D eigenvalue weighted by atomic mass is 10.3. The molecule has 0 heterocycles. The van der Waals surface area contributed by atoms with Crippen LogP contribution >= 0.6 is 15.9 Å². The molecule has 0 bridgehead atoms. The van der Waals surface area contributed by atoms with Crippen molar-refractivity contribution in [3.63, 3.8) is 0 Å². The first-order chi connectivity index (χ1) is 9.06. The summed E-state index contributed by atoms with van der Waals surface area (Å²) in [7, 11) is 1.29. The lowest BCUT2D eigenvalue weighted by Crippen LogP contribution is -2.38. The van der Waals surface area contributed by atoms with Crippen molar-refractivity contribution >= 4 is 27.8 Å². The first-order valence-corrected chi connectivity index (χ1v) is 6.59. The molecule has 0 atom stereocenters. The number of ether oxygens (including phenoxy) is 2. The van der Waals surface area contributed by atoms with E-state index < -0.39 is 5.97 Å². The zero-order valence-electron chi connectivity index (χ0n) is 10.9. The third kappa shape index (κ3) is 5.30. The molecule has 104 valence electrons. The monoisotopic (exact) mass is 329 g/mol. The fourth-order valence-electron chi connectivity index (χ4n) is 1.39. The van der Waals surface area contributed by atoms with E-state index in [4.69, 9.17) is 4.74 Å². The third-order valence-corrected chi connectivity index (χ3v) is 2.93. The smallest absolute Gasteiger partial charge is 0.325 e. The average molecular weight is 330 g/mol. The summed E-state index contributed by atoms with van der Waals surface area (Å²) in [6.45, 7) is 2.05. The Morgan fingerprint density at radius 3 is 2.68 bits per heavy atom. The molecular formula is C13H16BrNO4. The predicted octanol–water partition coefficient (Wildman–Crippen LogP) is 1.85. The highest BCUT2D eigenvalue weighted by molar-refractivity contribution is 9.10. The van der Waals surface area contributed by atoms with E-state index in [0.29, 0.717) is 12.3 Å². The maximum absolute atomic E-state index is 11.9. The molecule has 0 aromatic heterocycles. The third-order valence-electron chi connectivity index (χ3n) is 2.44. The van der Waals surface area contributed by atoms with Crippen LogP contribution in [0.2, 0.25) is 0 Å². The molecule has 1 amide bonds. The van der Waals surface area contributed by atoms with E-state index in [1.54, 1.807) is 19.1 Å². The molecule has 1 aromatic carbocycles. The van der Waals surface area contributed by atoms with Crippen molar-refractivity contribution in [2.75, 3.05) is 26.8 Å². The zero-order valence-corrected chi connectivity index (χ0v) is 12.5. The van der Waals surface area contributed by atoms with Crippen LogP contribution < -0.4 is 4.74 Å². The number of carbonyl (C=O) groups excluding carboxylic acids is 2. The van der Waals surface area contributed by atoms with Crippen LogP contribution in [0.1, 0.15) is 6.92 Å². The van der Waals surface area contributed by atoms with E-state index in [0.717, 1.165) is 4.47 Å². The minimum absolute atomic E-state index is 0.0618. The van der Waals surface area contributed by atoms with Crippen LogP contribution in [0.25, 0.3) is 0 Å². The average Bonchev–Trinajstić information content (AvgIpc) is 2.41. The molecule has 0 radical (unpaired) electrons. The van der Waals surface area contributed by atoms with E-state index in [2.05, 4.69) is 20.7 Å². The minimum atomic E-state index is -0.447. The number of methoxy groups -OCH3 is 1. The van der Waals surface area contributed by atoms with Gasteiger partial charge >= 0.3 is 5.97 Å². The van der Waals surface area contributed by atoms with Gasteiger partial charge < -0.3 is 14.4 Å². The molecule has 1 aromatic rings. The van der Waals surface area contributed by atoms with Gasteiger partial charge in [-0.1, -0.05) is 22.0 Å². The Morgan fingerprint density at radius 1 is 1.37 bits per heavy atom. The molecule has 5 nitrogen and oxygen atoms in total. The standard InChI is InChI=1S/C13H16BrNO4/c1-3-15(8-13(17)18-2)12(16)9-19-11-6-4-5-10(14)7-11/h4-7H,3,8-9H2,1-2H3. The summed E-state index contributed by atoms with van der Waals surface area (Å²) in [6, 6.07) is 7.21. The Morgan fingerprint density at radius 2 is 2.11 bits per heavy atom. The molecule has 0 aliphatic rings. The molecular weight excluding hydrogens is 314 g/mol. The molecule has 0 saturated carbocycles. The summed E-state index contributed by atoms with van der Waals surface area (Å²) in [6.07, 6.45) is 0. The van der Waals surface area contributed by atoms with Crippen molar-refractivity contribution in [1.82, 2.24) is 4.90 Å². The number of carbonyl (C=O) groups is 2. The van der Waals surface area contributed by atoms with Crippen LogP contribution in [-0.2, 0) is 14.3 Å². The summed E-state index contributed by atoms with van der Waals surface area (Å²) >= 11 is 3.32. The Bertz CT molecular complexity index is 450. The van der Waals surface area contributed by atoms with Crippen LogP contribution in [0, 0.1) is 0 Å². The fraction of sp³-hybridized carbons (Fsp3) is 0.385. The van der Waals surface area contributed by atoms with Gasteiger partial charge in [0, 0.05) is 11.0 Å². The molecule has 0 aliphatic heterocycles. The lowest BCUT2D eigenvalue weighted by molar-refractivity contribution is -0.147. The number of nitrogens with zero attached hydrogens (tertiary/aromatic N) is 1. The second-order valence-electron chi connectivity index (χ2n) is 3.73. The van der Waals surface area contributed by atoms with Gasteiger partial charge in [0.05, 0.1) is 7.11 Å². The maximum atomic E-state index is 11.9. The number of halogens is 1. The predicted molar refractivity (Wildman–Crippen MR) is 73.9 cm³/mol. The second-order valence-corrected chi connectivity index (χ2v) is 4.65. The van der Waals surface area contributed by atoms with E-state index in [1.807, 2.05) is 12.1 Å². The van der Waals surface area contributed by atoms with E-state index in [9.17, 15) is 9.59 Å². The van der Waals surface area contributed by atoms with Crippen LogP contribution in [0.4, 0.5) is 0 Å². The van der Waals surface area contributed by atoms with Crippen LogP contribution in [0.3, 0.4) is 0 Å². The van der Waals surface area contributed by atoms with E-state index >= 15 is 0 Å². The largest absolute Gasteiger partial charge is 0.484 e. The number of rotatable bonds is 6. The summed E-state index contributed by atoms with van der Waals surface area (Å²) in [4.78, 5) is 24.4. The molecule has 0 aliphatic carbocycles. The van der Waals surface area contributed by atoms with E-state index in [1.165, 1.54) is 12.0 Å². The summed E-state index contributed by atoms with van der Waals surface area (Å²) in [5.41, 5.74) is 0. The Labute approximate surface area is 120 Å². The van der Waals surface area contributed by atoms with Gasteiger partial charge in [-0.25, -0.2) is 0 Å². The molecule has 6 heteroatoms. The first kappa shape index (κ1) is 15.5. The van der Waals surface area contributed by atoms with Gasteiger partial charge in [0.15, 0.2) is 6.61 Å². The van der Waals surface area contributed by atoms with Gasteiger partial charge in [-0.05, 0) is 25.1 Å². The maximum Gasteiger partial charge on any atom is 0.325 e. The normalized spacial score (nSPS) is 9.84. The van der Waals surface area contributed by atoms with Crippen molar-refractivity contribution < 1.29 is 19.1 Å². The van der Waals surface area contributed by atoms with Gasteiger partial charge in [0.1, 0.15) is 12.3 Å². The summed E-state index contributed by atoms with van der Waals surface area (Å²) in [5, 5.41) is 0. The molecule has 1 rings (SSSR count). The number of likely N-dealkylation sites (N-methyl/N-ethyl adjacent to an activating group) is 1. The van der Waals surface area contributed by atoms with E-state index in [-0.39, 0.29) is 19.1 Å².